The first-order chi connectivity index (χ1) is 11.7. The molecule has 1 saturated carbocycles. The fraction of sp³-hybridized carbons (Fsp3) is 0.650. The molecular weight excluding hydrogens is 314 g/mol. The lowest BCUT2D eigenvalue weighted by Gasteiger charge is -2.33. The van der Waals surface area contributed by atoms with E-state index in [1.807, 2.05) is 11.3 Å². The van der Waals surface area contributed by atoms with Gasteiger partial charge in [-0.25, -0.2) is 4.98 Å². The van der Waals surface area contributed by atoms with Crippen LogP contribution in [0.4, 0.5) is 0 Å². The molecule has 3 heterocycles. The molecule has 0 N–H and O–H groups in total. The molecule has 1 aliphatic carbocycles. The molecule has 2 aromatic rings. The molecule has 0 bridgehead atoms. The van der Waals surface area contributed by atoms with Crippen LogP contribution in [0, 0.1) is 19.8 Å². The number of aromatic nitrogens is 2. The highest BCUT2D eigenvalue weighted by Crippen LogP contribution is 2.36. The summed E-state index contributed by atoms with van der Waals surface area (Å²) in [5.41, 5.74) is 1.35. The minimum atomic E-state index is 0.737. The van der Waals surface area contributed by atoms with Gasteiger partial charge in [0.1, 0.15) is 5.82 Å². The molecule has 0 unspecified atom stereocenters. The molecule has 3 nitrogen and oxygen atoms in total. The predicted octanol–water partition coefficient (Wildman–Crippen LogP) is 4.74. The smallest absolute Gasteiger partial charge is 0.111 e. The SMILES string of the molecule is Cc1ccc(CN2CCC(Cn3c(C)cnc3C3CCC3)CC2)s1. The van der Waals surface area contributed by atoms with Gasteiger partial charge in [0.05, 0.1) is 0 Å². The van der Waals surface area contributed by atoms with E-state index >= 15 is 0 Å². The maximum Gasteiger partial charge on any atom is 0.111 e. The topological polar surface area (TPSA) is 21.1 Å². The van der Waals surface area contributed by atoms with Crippen LogP contribution >= 0.6 is 11.3 Å². The number of aryl methyl sites for hydroxylation is 2. The van der Waals surface area contributed by atoms with E-state index in [0.29, 0.717) is 0 Å². The first-order valence-corrected chi connectivity index (χ1v) is 10.3. The third kappa shape index (κ3) is 3.45. The molecule has 2 aromatic heterocycles. The zero-order chi connectivity index (χ0) is 16.5. The van der Waals surface area contributed by atoms with Crippen LogP contribution in [-0.4, -0.2) is 27.5 Å². The van der Waals surface area contributed by atoms with Crippen LogP contribution in [0.5, 0.6) is 0 Å². The molecule has 24 heavy (non-hydrogen) atoms. The zero-order valence-corrected chi connectivity index (χ0v) is 15.8. The van der Waals surface area contributed by atoms with Gasteiger partial charge in [-0.05, 0) is 70.7 Å². The van der Waals surface area contributed by atoms with E-state index in [0.717, 1.165) is 18.4 Å². The van der Waals surface area contributed by atoms with Crippen LogP contribution in [0.15, 0.2) is 18.3 Å². The fourth-order valence-electron chi connectivity index (χ4n) is 4.09. The van der Waals surface area contributed by atoms with Gasteiger partial charge in [-0.3, -0.25) is 4.90 Å². The highest BCUT2D eigenvalue weighted by molar-refractivity contribution is 7.11. The Labute approximate surface area is 149 Å². The number of imidazole rings is 1. The summed E-state index contributed by atoms with van der Waals surface area (Å²) in [5, 5.41) is 0. The minimum absolute atomic E-state index is 0.737. The molecule has 0 atom stereocenters. The highest BCUT2D eigenvalue weighted by atomic mass is 32.1. The van der Waals surface area contributed by atoms with E-state index in [2.05, 4.69) is 41.6 Å². The van der Waals surface area contributed by atoms with Gasteiger partial charge in [-0.2, -0.15) is 0 Å². The Bertz CT molecular complexity index is 675. The fourth-order valence-corrected chi connectivity index (χ4v) is 5.02. The van der Waals surface area contributed by atoms with E-state index in [-0.39, 0.29) is 0 Å². The monoisotopic (exact) mass is 343 g/mol. The lowest BCUT2D eigenvalue weighted by molar-refractivity contribution is 0.166. The number of nitrogens with zero attached hydrogens (tertiary/aromatic N) is 3. The van der Waals surface area contributed by atoms with Crippen molar-refractivity contribution < 1.29 is 0 Å². The van der Waals surface area contributed by atoms with E-state index in [9.17, 15) is 0 Å². The Hall–Kier alpha value is -1.13. The maximum atomic E-state index is 4.73. The van der Waals surface area contributed by atoms with Crippen molar-refractivity contribution in [1.82, 2.24) is 14.5 Å². The third-order valence-corrected chi connectivity index (χ3v) is 6.87. The molecule has 130 valence electrons. The van der Waals surface area contributed by atoms with E-state index in [4.69, 9.17) is 4.98 Å². The van der Waals surface area contributed by atoms with Crippen LogP contribution < -0.4 is 0 Å². The second-order valence-electron chi connectivity index (χ2n) is 7.73. The van der Waals surface area contributed by atoms with E-state index in [1.54, 1.807) is 0 Å². The van der Waals surface area contributed by atoms with Gasteiger partial charge in [0.2, 0.25) is 0 Å². The molecule has 0 amide bonds. The van der Waals surface area contributed by atoms with Gasteiger partial charge in [-0.15, -0.1) is 11.3 Å². The van der Waals surface area contributed by atoms with Gasteiger partial charge >= 0.3 is 0 Å². The average molecular weight is 344 g/mol. The Kier molecular flexibility index (Phi) is 4.77. The van der Waals surface area contributed by atoms with Crippen LogP contribution in [0.1, 0.15) is 59.3 Å². The number of hydrogen-bond donors (Lipinski definition) is 0. The Morgan fingerprint density at radius 1 is 1.12 bits per heavy atom. The van der Waals surface area contributed by atoms with Gasteiger partial charge in [-0.1, -0.05) is 6.42 Å². The summed E-state index contributed by atoms with van der Waals surface area (Å²) < 4.78 is 2.53. The molecule has 4 heteroatoms. The van der Waals surface area contributed by atoms with Crippen LogP contribution in [0.3, 0.4) is 0 Å². The molecule has 1 aliphatic heterocycles. The molecule has 0 spiro atoms. The van der Waals surface area contributed by atoms with Crippen molar-refractivity contribution in [3.63, 3.8) is 0 Å². The second-order valence-corrected chi connectivity index (χ2v) is 9.10. The van der Waals surface area contributed by atoms with Crippen LogP contribution in [0.25, 0.3) is 0 Å². The molecular formula is C20H29N3S. The van der Waals surface area contributed by atoms with Crippen molar-refractivity contribution >= 4 is 11.3 Å². The first-order valence-electron chi connectivity index (χ1n) is 9.49. The summed E-state index contributed by atoms with van der Waals surface area (Å²) in [7, 11) is 0. The lowest BCUT2D eigenvalue weighted by atomic mass is 9.84. The third-order valence-electron chi connectivity index (χ3n) is 5.88. The second kappa shape index (κ2) is 7.01. The van der Waals surface area contributed by atoms with Crippen molar-refractivity contribution in [2.24, 2.45) is 5.92 Å². The Balaban J connectivity index is 1.32. The van der Waals surface area contributed by atoms with Gasteiger partial charge in [0.25, 0.3) is 0 Å². The Morgan fingerprint density at radius 3 is 2.54 bits per heavy atom. The maximum absolute atomic E-state index is 4.73. The number of rotatable bonds is 5. The summed E-state index contributed by atoms with van der Waals surface area (Å²) >= 11 is 1.95. The molecule has 1 saturated heterocycles. The Morgan fingerprint density at radius 2 is 1.92 bits per heavy atom. The molecule has 2 aliphatic rings. The van der Waals surface area contributed by atoms with Crippen molar-refractivity contribution in [1.29, 1.82) is 0 Å². The summed E-state index contributed by atoms with van der Waals surface area (Å²) in [5.74, 6) is 2.93. The summed E-state index contributed by atoms with van der Waals surface area (Å²) in [6, 6.07) is 4.54. The van der Waals surface area contributed by atoms with Gasteiger partial charge in [0, 0.05) is 40.7 Å². The molecule has 4 rings (SSSR count). The number of hydrogen-bond acceptors (Lipinski definition) is 3. The molecule has 0 radical (unpaired) electrons. The van der Waals surface area contributed by atoms with Crippen molar-refractivity contribution in [2.75, 3.05) is 13.1 Å². The molecule has 2 fully saturated rings. The van der Waals surface area contributed by atoms with Gasteiger partial charge in [0.15, 0.2) is 0 Å². The first kappa shape index (κ1) is 16.3. The van der Waals surface area contributed by atoms with E-state index in [1.165, 1.54) is 73.0 Å². The standard InChI is InChI=1S/C20H29N3S/c1-15-12-21-20(18-4-3-5-18)23(15)13-17-8-10-22(11-9-17)14-19-7-6-16(2)24-19/h6-7,12,17-18H,3-5,8-11,13-14H2,1-2H3. The van der Waals surface area contributed by atoms with Gasteiger partial charge < -0.3 is 4.57 Å². The predicted molar refractivity (Wildman–Crippen MR) is 101 cm³/mol. The summed E-state index contributed by atoms with van der Waals surface area (Å²) in [6.45, 7) is 9.24. The van der Waals surface area contributed by atoms with Crippen molar-refractivity contribution in [3.8, 4) is 0 Å². The zero-order valence-electron chi connectivity index (χ0n) is 15.0. The minimum Gasteiger partial charge on any atom is -0.332 e. The number of thiophene rings is 1. The lowest BCUT2D eigenvalue weighted by Crippen LogP contribution is -2.34. The number of piperidine rings is 1. The van der Waals surface area contributed by atoms with E-state index < -0.39 is 0 Å². The highest BCUT2D eigenvalue weighted by Gasteiger charge is 2.27. The quantitative estimate of drug-likeness (QED) is 0.782. The van der Waals surface area contributed by atoms with Crippen molar-refractivity contribution in [3.05, 3.63) is 39.6 Å². The van der Waals surface area contributed by atoms with Crippen molar-refractivity contribution in [2.45, 2.75) is 65.0 Å². The van der Waals surface area contributed by atoms with Crippen LogP contribution in [-0.2, 0) is 13.1 Å². The number of likely N-dealkylation sites (tertiary alicyclic amines) is 1. The normalized spacial score (nSPS) is 20.4. The summed E-state index contributed by atoms with van der Waals surface area (Å²) in [4.78, 5) is 10.3. The molecule has 0 aromatic carbocycles. The summed E-state index contributed by atoms with van der Waals surface area (Å²) in [6.07, 6.45) is 8.81. The average Bonchev–Trinajstić information content (AvgIpc) is 3.08. The van der Waals surface area contributed by atoms with Crippen LogP contribution in [0.2, 0.25) is 0 Å². The largest absolute Gasteiger partial charge is 0.332 e.